The maximum absolute atomic E-state index is 12.7. The molecule has 0 spiro atoms. The van der Waals surface area contributed by atoms with Gasteiger partial charge in [0.15, 0.2) is 5.82 Å². The number of carbonyl (C=O) groups is 1. The minimum Gasteiger partial charge on any atom is -0.352 e. The van der Waals surface area contributed by atoms with Gasteiger partial charge >= 0.3 is 6.18 Å². The number of benzene rings is 2. The summed E-state index contributed by atoms with van der Waals surface area (Å²) < 4.78 is 38.1. The Morgan fingerprint density at radius 1 is 0.800 bits per heavy atom. The van der Waals surface area contributed by atoms with E-state index < -0.39 is 11.7 Å². The summed E-state index contributed by atoms with van der Waals surface area (Å²) in [5.41, 5.74) is 1.27. The molecule has 2 heterocycles. The first kappa shape index (κ1) is 19.9. The third-order valence-electron chi connectivity index (χ3n) is 5.07. The monoisotopic (exact) mass is 412 g/mol. The van der Waals surface area contributed by atoms with E-state index in [1.54, 1.807) is 4.90 Å². The van der Waals surface area contributed by atoms with Gasteiger partial charge in [0.25, 0.3) is 5.91 Å². The van der Waals surface area contributed by atoms with Crippen molar-refractivity contribution in [3.63, 3.8) is 0 Å². The molecule has 0 saturated carbocycles. The number of hydrogen-bond acceptors (Lipinski definition) is 4. The molecule has 0 bridgehead atoms. The summed E-state index contributed by atoms with van der Waals surface area (Å²) in [7, 11) is 0. The first-order valence-electron chi connectivity index (χ1n) is 9.52. The molecule has 0 N–H and O–H groups in total. The summed E-state index contributed by atoms with van der Waals surface area (Å²) in [6.07, 6.45) is -4.41. The van der Waals surface area contributed by atoms with Crippen LogP contribution in [0.5, 0.6) is 0 Å². The number of amides is 1. The average Bonchev–Trinajstić information content (AvgIpc) is 2.79. The van der Waals surface area contributed by atoms with Gasteiger partial charge in [0.05, 0.1) is 11.3 Å². The van der Waals surface area contributed by atoms with Gasteiger partial charge < -0.3 is 9.80 Å². The Hall–Kier alpha value is -3.42. The van der Waals surface area contributed by atoms with Crippen LogP contribution in [0.25, 0.3) is 11.3 Å². The van der Waals surface area contributed by atoms with Gasteiger partial charge in [-0.05, 0) is 36.4 Å². The Kier molecular flexibility index (Phi) is 5.39. The lowest BCUT2D eigenvalue weighted by Gasteiger charge is -2.35. The fourth-order valence-corrected chi connectivity index (χ4v) is 3.38. The summed E-state index contributed by atoms with van der Waals surface area (Å²) in [6, 6.07) is 17.9. The number of carbonyl (C=O) groups excluding carboxylic acids is 1. The first-order valence-corrected chi connectivity index (χ1v) is 9.52. The molecule has 0 unspecified atom stereocenters. The van der Waals surface area contributed by atoms with E-state index in [2.05, 4.69) is 10.2 Å². The largest absolute Gasteiger partial charge is 0.416 e. The molecule has 1 aliphatic heterocycles. The topological polar surface area (TPSA) is 49.3 Å². The van der Waals surface area contributed by atoms with Crippen molar-refractivity contribution in [2.24, 2.45) is 0 Å². The molecule has 30 heavy (non-hydrogen) atoms. The normalized spacial score (nSPS) is 14.6. The summed E-state index contributed by atoms with van der Waals surface area (Å²) in [4.78, 5) is 16.3. The van der Waals surface area contributed by atoms with Gasteiger partial charge in [-0.3, -0.25) is 4.79 Å². The lowest BCUT2D eigenvalue weighted by atomic mass is 10.1. The highest BCUT2D eigenvalue weighted by atomic mass is 19.4. The van der Waals surface area contributed by atoms with Crippen LogP contribution in [0.2, 0.25) is 0 Å². The van der Waals surface area contributed by atoms with E-state index in [9.17, 15) is 18.0 Å². The Morgan fingerprint density at radius 3 is 2.03 bits per heavy atom. The minimum absolute atomic E-state index is 0.253. The SMILES string of the molecule is O=C(c1ccc(C(F)(F)F)cc1)N1CCN(c2ccc(-c3ccccc3)nn2)CC1. The van der Waals surface area contributed by atoms with E-state index in [-0.39, 0.29) is 11.5 Å². The van der Waals surface area contributed by atoms with Gasteiger partial charge in [-0.25, -0.2) is 0 Å². The lowest BCUT2D eigenvalue weighted by molar-refractivity contribution is -0.137. The van der Waals surface area contributed by atoms with Gasteiger partial charge in [0.2, 0.25) is 0 Å². The fraction of sp³-hybridized carbons (Fsp3) is 0.227. The molecular weight excluding hydrogens is 393 g/mol. The average molecular weight is 412 g/mol. The van der Waals surface area contributed by atoms with Crippen LogP contribution in [0.4, 0.5) is 19.0 Å². The van der Waals surface area contributed by atoms with Crippen molar-refractivity contribution in [1.29, 1.82) is 0 Å². The smallest absolute Gasteiger partial charge is 0.352 e. The number of aromatic nitrogens is 2. The van der Waals surface area contributed by atoms with Crippen molar-refractivity contribution >= 4 is 11.7 Å². The molecule has 0 atom stereocenters. The van der Waals surface area contributed by atoms with Crippen LogP contribution in [0, 0.1) is 0 Å². The predicted molar refractivity (Wildman–Crippen MR) is 107 cm³/mol. The molecule has 0 aliphatic carbocycles. The van der Waals surface area contributed by atoms with Crippen LogP contribution in [0.1, 0.15) is 15.9 Å². The number of rotatable bonds is 3. The summed E-state index contributed by atoms with van der Waals surface area (Å²) in [6.45, 7) is 2.07. The quantitative estimate of drug-likeness (QED) is 0.649. The van der Waals surface area contributed by atoms with Crippen molar-refractivity contribution in [2.45, 2.75) is 6.18 Å². The van der Waals surface area contributed by atoms with Crippen molar-refractivity contribution < 1.29 is 18.0 Å². The summed E-state index contributed by atoms with van der Waals surface area (Å²) >= 11 is 0. The Bertz CT molecular complexity index is 997. The molecule has 1 amide bonds. The molecule has 2 aromatic carbocycles. The molecule has 1 aliphatic rings. The van der Waals surface area contributed by atoms with Gasteiger partial charge in [-0.2, -0.15) is 13.2 Å². The molecule has 4 rings (SSSR count). The van der Waals surface area contributed by atoms with Gasteiger partial charge in [0.1, 0.15) is 0 Å². The number of piperazine rings is 1. The molecular formula is C22H19F3N4O. The molecule has 8 heteroatoms. The predicted octanol–water partition coefficient (Wildman–Crippen LogP) is 4.12. The van der Waals surface area contributed by atoms with Crippen molar-refractivity contribution in [3.8, 4) is 11.3 Å². The zero-order valence-electron chi connectivity index (χ0n) is 16.0. The maximum atomic E-state index is 12.7. The molecule has 1 saturated heterocycles. The summed E-state index contributed by atoms with van der Waals surface area (Å²) in [5, 5.41) is 8.60. The number of anilines is 1. The highest BCUT2D eigenvalue weighted by molar-refractivity contribution is 5.94. The van der Waals surface area contributed by atoms with Crippen LogP contribution in [-0.4, -0.2) is 47.2 Å². The number of nitrogens with zero attached hydrogens (tertiary/aromatic N) is 4. The maximum Gasteiger partial charge on any atom is 0.416 e. The van der Waals surface area contributed by atoms with E-state index in [0.717, 1.165) is 29.2 Å². The zero-order chi connectivity index (χ0) is 21.1. The van der Waals surface area contributed by atoms with Crippen LogP contribution in [-0.2, 0) is 6.18 Å². The molecule has 154 valence electrons. The van der Waals surface area contributed by atoms with Crippen LogP contribution >= 0.6 is 0 Å². The second-order valence-corrected chi connectivity index (χ2v) is 7.00. The van der Waals surface area contributed by atoms with E-state index >= 15 is 0 Å². The number of halogens is 3. The highest BCUT2D eigenvalue weighted by Gasteiger charge is 2.30. The van der Waals surface area contributed by atoms with Crippen molar-refractivity contribution in [2.75, 3.05) is 31.1 Å². The second-order valence-electron chi connectivity index (χ2n) is 7.00. The lowest BCUT2D eigenvalue weighted by Crippen LogP contribution is -2.49. The van der Waals surface area contributed by atoms with Gasteiger partial charge in [-0.15, -0.1) is 10.2 Å². The summed E-state index contributed by atoms with van der Waals surface area (Å²) in [5.74, 6) is 0.463. The number of hydrogen-bond donors (Lipinski definition) is 0. The zero-order valence-corrected chi connectivity index (χ0v) is 16.0. The van der Waals surface area contributed by atoms with Crippen LogP contribution in [0.3, 0.4) is 0 Å². The molecule has 1 fully saturated rings. The van der Waals surface area contributed by atoms with Crippen molar-refractivity contribution in [1.82, 2.24) is 15.1 Å². The Labute approximate surface area is 171 Å². The van der Waals surface area contributed by atoms with Crippen molar-refractivity contribution in [3.05, 3.63) is 77.9 Å². The second kappa shape index (κ2) is 8.14. The molecule has 5 nitrogen and oxygen atoms in total. The number of alkyl halides is 3. The first-order chi connectivity index (χ1) is 14.4. The Balaban J connectivity index is 1.37. The van der Waals surface area contributed by atoms with Crippen LogP contribution in [0.15, 0.2) is 66.7 Å². The third kappa shape index (κ3) is 4.27. The van der Waals surface area contributed by atoms with E-state index in [1.165, 1.54) is 12.1 Å². The minimum atomic E-state index is -4.41. The van der Waals surface area contributed by atoms with Crippen LogP contribution < -0.4 is 4.90 Å². The Morgan fingerprint density at radius 2 is 1.47 bits per heavy atom. The fourth-order valence-electron chi connectivity index (χ4n) is 3.38. The third-order valence-corrected chi connectivity index (χ3v) is 5.07. The highest BCUT2D eigenvalue weighted by Crippen LogP contribution is 2.29. The van der Waals surface area contributed by atoms with E-state index in [0.29, 0.717) is 26.2 Å². The molecule has 0 radical (unpaired) electrons. The van der Waals surface area contributed by atoms with Gasteiger partial charge in [-0.1, -0.05) is 30.3 Å². The standard InChI is InChI=1S/C22H19F3N4O/c23-22(24,25)18-8-6-17(7-9-18)21(30)29-14-12-28(13-15-29)20-11-10-19(26-27-20)16-4-2-1-3-5-16/h1-11H,12-15H2. The van der Waals surface area contributed by atoms with E-state index in [4.69, 9.17) is 0 Å². The van der Waals surface area contributed by atoms with E-state index in [1.807, 2.05) is 47.4 Å². The van der Waals surface area contributed by atoms with Gasteiger partial charge in [0, 0.05) is 37.3 Å². The molecule has 3 aromatic rings. The molecule has 1 aromatic heterocycles.